The Bertz CT molecular complexity index is 1360. The Morgan fingerprint density at radius 1 is 0.559 bits per heavy atom. The molecule has 0 bridgehead atoms. The fraction of sp³-hybridized carbons (Fsp3) is 0.200. The summed E-state index contributed by atoms with van der Waals surface area (Å²) < 4.78 is 6.19. The summed E-state index contributed by atoms with van der Waals surface area (Å²) in [6.07, 6.45) is 2.21. The zero-order valence-corrected chi connectivity index (χ0v) is 26.1. The van der Waals surface area contributed by atoms with E-state index in [0.717, 1.165) is 12.8 Å². The quantitative estimate of drug-likeness (QED) is 0.202. The molecular formula is C30H32Cl2GeTi. The first-order chi connectivity index (χ1) is 15.6. The summed E-state index contributed by atoms with van der Waals surface area (Å²) in [5.41, 5.74) is 12.2. The van der Waals surface area contributed by atoms with Crippen LogP contribution in [0.2, 0.25) is 9.45 Å². The predicted molar refractivity (Wildman–Crippen MR) is 153 cm³/mol. The van der Waals surface area contributed by atoms with Crippen molar-refractivity contribution in [1.82, 2.24) is 0 Å². The number of rotatable bonds is 4. The summed E-state index contributed by atoms with van der Waals surface area (Å²) in [5.74, 6) is 0. The molecule has 0 aromatic heterocycles. The third kappa shape index (κ3) is 3.45. The maximum atomic E-state index is 2.54. The van der Waals surface area contributed by atoms with Gasteiger partial charge < -0.3 is 0 Å². The molecule has 34 heavy (non-hydrogen) atoms. The third-order valence-corrected chi connectivity index (χ3v) is 35.3. The molecule has 0 spiro atoms. The van der Waals surface area contributed by atoms with Gasteiger partial charge in [-0.15, -0.1) is 24.8 Å². The van der Waals surface area contributed by atoms with Crippen LogP contribution in [-0.4, -0.2) is 13.1 Å². The van der Waals surface area contributed by atoms with Gasteiger partial charge in [-0.05, 0) is 0 Å². The van der Waals surface area contributed by atoms with Gasteiger partial charge in [0.2, 0.25) is 0 Å². The minimum atomic E-state index is -3.19. The van der Waals surface area contributed by atoms with Gasteiger partial charge in [-0.3, -0.25) is 0 Å². The van der Waals surface area contributed by atoms with Crippen molar-refractivity contribution < 1.29 is 12.5 Å². The molecule has 0 unspecified atom stereocenters. The first kappa shape index (κ1) is 25.8. The average Bonchev–Trinajstić information content (AvgIpc) is 3.42. The van der Waals surface area contributed by atoms with Crippen LogP contribution in [0, 0.1) is 0 Å². The molecule has 4 heteroatoms. The van der Waals surface area contributed by atoms with E-state index in [1.54, 1.807) is 18.9 Å². The molecule has 0 N–H and O–H groups in total. The van der Waals surface area contributed by atoms with E-state index >= 15 is 0 Å². The Balaban J connectivity index is 0.00000137. The summed E-state index contributed by atoms with van der Waals surface area (Å²) >= 11 is -1.77. The molecule has 0 saturated heterocycles. The van der Waals surface area contributed by atoms with Gasteiger partial charge in [0, 0.05) is 0 Å². The average molecular weight is 584 g/mol. The van der Waals surface area contributed by atoms with E-state index in [1.807, 2.05) is 0 Å². The third-order valence-electron chi connectivity index (χ3n) is 8.82. The van der Waals surface area contributed by atoms with Crippen LogP contribution in [-0.2, 0) is 25.3 Å². The topological polar surface area (TPSA) is 0 Å². The van der Waals surface area contributed by atoms with Crippen molar-refractivity contribution in [3.05, 3.63) is 107 Å². The summed E-state index contributed by atoms with van der Waals surface area (Å²) in [6, 6.07) is 32.7. The van der Waals surface area contributed by atoms with E-state index in [0.29, 0.717) is 0 Å². The van der Waals surface area contributed by atoms with Crippen LogP contribution in [0.25, 0.3) is 22.3 Å². The van der Waals surface area contributed by atoms with Gasteiger partial charge in [0.25, 0.3) is 0 Å². The van der Waals surface area contributed by atoms with Gasteiger partial charge in [0.1, 0.15) is 0 Å². The van der Waals surface area contributed by atoms with Gasteiger partial charge >= 0.3 is 199 Å². The van der Waals surface area contributed by atoms with Crippen molar-refractivity contribution in [3.8, 4) is 22.3 Å². The molecule has 0 heterocycles. The Hall–Kier alpha value is -1.28. The molecule has 2 aliphatic carbocycles. The second-order valence-electron chi connectivity index (χ2n) is 9.97. The molecule has 4 aromatic carbocycles. The van der Waals surface area contributed by atoms with E-state index in [-0.39, 0.29) is 24.8 Å². The second kappa shape index (κ2) is 9.30. The minimum absolute atomic E-state index is 0. The molecule has 0 radical (unpaired) electrons. The minimum Gasteiger partial charge on any atom is -0.147 e. The standard InChI is InChI=1S/2C13H9.2C2H5.2ClH.GeH2.Ti/c2*1-3-7-12-10(5-1)9-11-6-2-4-8-13(11)12;2*1-2;;;;/h2*1-5,7-8H,9H2;2*1H2,2H3;2*1H;1H2;. The Morgan fingerprint density at radius 2 is 0.941 bits per heavy atom. The van der Waals surface area contributed by atoms with Crippen molar-refractivity contribution >= 4 is 45.7 Å². The normalized spacial score (nSPS) is 13.1. The van der Waals surface area contributed by atoms with Crippen LogP contribution in [0.15, 0.2) is 84.9 Å². The molecule has 0 atom stereocenters. The van der Waals surface area contributed by atoms with Crippen molar-refractivity contribution in [1.29, 1.82) is 0 Å². The fourth-order valence-corrected chi connectivity index (χ4v) is 20.9. The number of benzene rings is 4. The molecule has 174 valence electrons. The van der Waals surface area contributed by atoms with Crippen LogP contribution < -0.4 is 7.74 Å². The van der Waals surface area contributed by atoms with E-state index in [1.165, 1.54) is 56.0 Å². The molecule has 2 aliphatic rings. The summed E-state index contributed by atoms with van der Waals surface area (Å²) in [6.45, 7) is 5.01. The van der Waals surface area contributed by atoms with E-state index < -0.39 is 12.5 Å². The van der Waals surface area contributed by atoms with Gasteiger partial charge in [-0.1, -0.05) is 0 Å². The fourth-order valence-electron chi connectivity index (χ4n) is 6.70. The predicted octanol–water partition coefficient (Wildman–Crippen LogP) is 6.74. The number of halogens is 2. The molecule has 4 aromatic rings. The smallest absolute Gasteiger partial charge is 0.147 e. The molecule has 0 nitrogen and oxygen atoms in total. The largest absolute Gasteiger partial charge is 0.147 e. The number of hydrogen-bond acceptors (Lipinski definition) is 0. The van der Waals surface area contributed by atoms with Gasteiger partial charge in [-0.25, -0.2) is 0 Å². The van der Waals surface area contributed by atoms with Gasteiger partial charge in [-0.2, -0.15) is 0 Å². The van der Waals surface area contributed by atoms with Crippen LogP contribution >= 0.6 is 24.8 Å². The van der Waals surface area contributed by atoms with Crippen molar-refractivity contribution in [2.24, 2.45) is 0 Å². The SMILES string of the molecule is C[CH2][Ti](=[GeH2])([CH2]C)([c]1cccc2c1Cc1ccccc1-2)[c]1cccc2c1Cc1ccccc1-2.Cl.Cl. The molecule has 6 rings (SSSR count). The molecule has 0 aliphatic heterocycles. The first-order valence-corrected chi connectivity index (χ1v) is 23.0. The zero-order chi connectivity index (χ0) is 21.9. The zero-order valence-electron chi connectivity index (χ0n) is 19.9. The van der Waals surface area contributed by atoms with Crippen LogP contribution in [0.1, 0.15) is 36.1 Å². The second-order valence-corrected chi connectivity index (χ2v) is 34.7. The van der Waals surface area contributed by atoms with Crippen molar-refractivity contribution in [3.63, 3.8) is 0 Å². The number of hydrogen-bond donors (Lipinski definition) is 0. The molecular weight excluding hydrogens is 552 g/mol. The van der Waals surface area contributed by atoms with E-state index in [9.17, 15) is 0 Å². The van der Waals surface area contributed by atoms with Crippen LogP contribution in [0.5, 0.6) is 0 Å². The Labute approximate surface area is 222 Å². The molecule has 0 fully saturated rings. The Morgan fingerprint density at radius 3 is 1.35 bits per heavy atom. The van der Waals surface area contributed by atoms with Crippen molar-refractivity contribution in [2.45, 2.75) is 36.1 Å². The maximum absolute atomic E-state index is 3.19. The maximum Gasteiger partial charge on any atom is -0.147 e. The van der Waals surface area contributed by atoms with Crippen LogP contribution in [0.4, 0.5) is 0 Å². The summed E-state index contributed by atoms with van der Waals surface area (Å²) in [5, 5.41) is 0. The van der Waals surface area contributed by atoms with Crippen LogP contribution in [0.3, 0.4) is 0 Å². The van der Waals surface area contributed by atoms with Crippen molar-refractivity contribution in [2.75, 3.05) is 0 Å². The monoisotopic (exact) mass is 584 g/mol. The number of fused-ring (bicyclic) bond motifs is 6. The summed E-state index contributed by atoms with van der Waals surface area (Å²) in [7, 11) is 0. The molecule has 0 saturated carbocycles. The van der Waals surface area contributed by atoms with Gasteiger partial charge in [0.15, 0.2) is 0 Å². The molecule has 0 amide bonds. The summed E-state index contributed by atoms with van der Waals surface area (Å²) in [4.78, 5) is 0. The first-order valence-electron chi connectivity index (χ1n) is 12.0. The Kier molecular flexibility index (Phi) is 7.06. The van der Waals surface area contributed by atoms with Gasteiger partial charge in [0.05, 0.1) is 0 Å². The van der Waals surface area contributed by atoms with E-state index in [4.69, 9.17) is 0 Å². The van der Waals surface area contributed by atoms with E-state index in [2.05, 4.69) is 98.8 Å².